The molecule has 0 spiro atoms. The lowest BCUT2D eigenvalue weighted by Gasteiger charge is -2.14. The molecule has 2 rings (SSSR count). The van der Waals surface area contributed by atoms with E-state index >= 15 is 0 Å². The molecule has 1 atom stereocenters. The molecule has 0 radical (unpaired) electrons. The molecule has 0 aliphatic carbocycles. The molecule has 21 heavy (non-hydrogen) atoms. The molecule has 114 valence electrons. The number of rotatable bonds is 6. The van der Waals surface area contributed by atoms with Crippen LogP contribution in [-0.4, -0.2) is 16.1 Å². The Bertz CT molecular complexity index is 681. The lowest BCUT2D eigenvalue weighted by molar-refractivity contribution is -0.694. The number of quaternary nitrogens is 1. The summed E-state index contributed by atoms with van der Waals surface area (Å²) in [5, 5.41) is 3.46. The molecule has 1 aromatic heterocycles. The predicted molar refractivity (Wildman–Crippen MR) is 86.7 cm³/mol. The highest BCUT2D eigenvalue weighted by Crippen LogP contribution is 2.16. The van der Waals surface area contributed by atoms with Crippen molar-refractivity contribution in [1.82, 2.24) is 9.55 Å². The van der Waals surface area contributed by atoms with Crippen LogP contribution in [0.2, 0.25) is 5.02 Å². The van der Waals surface area contributed by atoms with Crippen molar-refractivity contribution in [1.29, 1.82) is 0 Å². The van der Waals surface area contributed by atoms with E-state index in [1.165, 1.54) is 19.3 Å². The van der Waals surface area contributed by atoms with Crippen LogP contribution in [0.4, 0.5) is 0 Å². The summed E-state index contributed by atoms with van der Waals surface area (Å²) in [5.74, 6) is 0.797. The molecule has 0 aliphatic heterocycles. The number of nitrogens with two attached hydrogens (primary N) is 1. The Morgan fingerprint density at radius 1 is 1.38 bits per heavy atom. The number of hydrogen-bond acceptors (Lipinski definition) is 2. The largest absolute Gasteiger partial charge is 0.338 e. The third kappa shape index (κ3) is 3.63. The fourth-order valence-corrected chi connectivity index (χ4v) is 2.70. The van der Waals surface area contributed by atoms with E-state index in [9.17, 15) is 4.79 Å². The summed E-state index contributed by atoms with van der Waals surface area (Å²) >= 11 is 6.00. The maximum atomic E-state index is 12.4. The summed E-state index contributed by atoms with van der Waals surface area (Å²) in [6.45, 7) is 5.34. The molecule has 0 amide bonds. The summed E-state index contributed by atoms with van der Waals surface area (Å²) < 4.78 is 1.65. The molecule has 2 aromatic rings. The zero-order valence-corrected chi connectivity index (χ0v) is 13.7. The van der Waals surface area contributed by atoms with Crippen molar-refractivity contribution in [2.45, 2.75) is 39.2 Å². The van der Waals surface area contributed by atoms with Crippen molar-refractivity contribution in [3.8, 4) is 0 Å². The van der Waals surface area contributed by atoms with Gasteiger partial charge in [0.1, 0.15) is 6.04 Å². The van der Waals surface area contributed by atoms with Gasteiger partial charge < -0.3 is 5.32 Å². The van der Waals surface area contributed by atoms with Gasteiger partial charge in [-0.05, 0) is 38.0 Å². The van der Waals surface area contributed by atoms with Crippen molar-refractivity contribution in [2.24, 2.45) is 7.05 Å². The van der Waals surface area contributed by atoms with Gasteiger partial charge in [0, 0.05) is 12.1 Å². The minimum Gasteiger partial charge on any atom is -0.338 e. The molecule has 4 nitrogen and oxygen atoms in total. The Hall–Kier alpha value is -1.39. The lowest BCUT2D eigenvalue weighted by Crippen LogP contribution is -2.85. The second kappa shape index (κ2) is 7.05. The molecule has 2 N–H and O–H groups in total. The maximum Gasteiger partial charge on any atom is 0.261 e. The van der Waals surface area contributed by atoms with E-state index in [-0.39, 0.29) is 11.6 Å². The van der Waals surface area contributed by atoms with Crippen molar-refractivity contribution in [2.75, 3.05) is 6.54 Å². The standard InChI is InChI=1S/C16H22ClN3O/c1-4-5-6-9-18-11(2)15-19-14-10-12(17)7-8-13(14)16(21)20(15)3/h7-8,10-11,18H,4-6,9H2,1-3H3/p+1/t11-/m1/s1. The van der Waals surface area contributed by atoms with Crippen LogP contribution in [0.1, 0.15) is 45.0 Å². The number of aromatic nitrogens is 2. The van der Waals surface area contributed by atoms with Gasteiger partial charge in [0.15, 0.2) is 5.82 Å². The van der Waals surface area contributed by atoms with Crippen LogP contribution >= 0.6 is 11.6 Å². The molecular weight excluding hydrogens is 286 g/mol. The average Bonchev–Trinajstić information content (AvgIpc) is 2.47. The van der Waals surface area contributed by atoms with Crippen LogP contribution in [0.15, 0.2) is 23.0 Å². The minimum atomic E-state index is -0.0134. The summed E-state index contributed by atoms with van der Waals surface area (Å²) in [6, 6.07) is 5.38. The number of halogens is 1. The van der Waals surface area contributed by atoms with Crippen LogP contribution in [0.25, 0.3) is 10.9 Å². The van der Waals surface area contributed by atoms with E-state index in [1.807, 2.05) is 0 Å². The zero-order chi connectivity index (χ0) is 15.4. The fourth-order valence-electron chi connectivity index (χ4n) is 2.54. The summed E-state index contributed by atoms with van der Waals surface area (Å²) in [5.41, 5.74) is 0.662. The second-order valence-corrected chi connectivity index (χ2v) is 5.95. The van der Waals surface area contributed by atoms with E-state index in [1.54, 1.807) is 29.8 Å². The normalized spacial score (nSPS) is 12.8. The molecule has 0 unspecified atom stereocenters. The molecule has 0 bridgehead atoms. The Kier molecular flexibility index (Phi) is 5.37. The quantitative estimate of drug-likeness (QED) is 0.833. The summed E-state index contributed by atoms with van der Waals surface area (Å²) in [6.07, 6.45) is 3.64. The van der Waals surface area contributed by atoms with Gasteiger partial charge in [0.25, 0.3) is 5.56 Å². The summed E-state index contributed by atoms with van der Waals surface area (Å²) in [4.78, 5) is 17.0. The van der Waals surface area contributed by atoms with Crippen molar-refractivity contribution in [3.05, 3.63) is 39.4 Å². The van der Waals surface area contributed by atoms with Crippen molar-refractivity contribution in [3.63, 3.8) is 0 Å². The van der Waals surface area contributed by atoms with E-state index in [4.69, 9.17) is 11.6 Å². The highest BCUT2D eigenvalue weighted by molar-refractivity contribution is 6.31. The van der Waals surface area contributed by atoms with Crippen LogP contribution in [-0.2, 0) is 7.05 Å². The molecule has 0 saturated carbocycles. The second-order valence-electron chi connectivity index (χ2n) is 5.52. The van der Waals surface area contributed by atoms with E-state index in [2.05, 4.69) is 24.1 Å². The van der Waals surface area contributed by atoms with Crippen LogP contribution in [0, 0.1) is 0 Å². The topological polar surface area (TPSA) is 51.5 Å². The van der Waals surface area contributed by atoms with Gasteiger partial charge in [-0.15, -0.1) is 0 Å². The third-order valence-electron chi connectivity index (χ3n) is 3.81. The third-order valence-corrected chi connectivity index (χ3v) is 4.04. The lowest BCUT2D eigenvalue weighted by atomic mass is 10.2. The van der Waals surface area contributed by atoms with Gasteiger partial charge >= 0.3 is 0 Å². The number of unbranched alkanes of at least 4 members (excludes halogenated alkanes) is 2. The molecular formula is C16H23ClN3O+. The first kappa shape index (κ1) is 16.0. The minimum absolute atomic E-state index is 0.0134. The molecule has 1 aromatic carbocycles. The molecule has 0 aliphatic rings. The monoisotopic (exact) mass is 308 g/mol. The van der Waals surface area contributed by atoms with Crippen LogP contribution < -0.4 is 10.9 Å². The van der Waals surface area contributed by atoms with Crippen LogP contribution in [0.5, 0.6) is 0 Å². The predicted octanol–water partition coefficient (Wildman–Crippen LogP) is 2.40. The number of hydrogen-bond donors (Lipinski definition) is 1. The molecule has 0 saturated heterocycles. The fraction of sp³-hybridized carbons (Fsp3) is 0.500. The Labute approximate surface area is 130 Å². The Morgan fingerprint density at radius 2 is 2.14 bits per heavy atom. The first-order chi connectivity index (χ1) is 10.0. The van der Waals surface area contributed by atoms with Gasteiger partial charge in [-0.3, -0.25) is 9.36 Å². The van der Waals surface area contributed by atoms with E-state index < -0.39 is 0 Å². The van der Waals surface area contributed by atoms with Gasteiger partial charge in [-0.25, -0.2) is 4.98 Å². The van der Waals surface area contributed by atoms with Gasteiger partial charge in [-0.1, -0.05) is 24.9 Å². The van der Waals surface area contributed by atoms with E-state index in [0.717, 1.165) is 12.4 Å². The first-order valence-corrected chi connectivity index (χ1v) is 7.92. The molecule has 0 fully saturated rings. The van der Waals surface area contributed by atoms with Gasteiger partial charge in [-0.2, -0.15) is 0 Å². The number of fused-ring (bicyclic) bond motifs is 1. The summed E-state index contributed by atoms with van der Waals surface area (Å²) in [7, 11) is 1.79. The van der Waals surface area contributed by atoms with Crippen LogP contribution in [0.3, 0.4) is 0 Å². The maximum absolute atomic E-state index is 12.4. The molecule has 1 heterocycles. The van der Waals surface area contributed by atoms with Gasteiger partial charge in [0.05, 0.1) is 17.4 Å². The number of benzene rings is 1. The highest BCUT2D eigenvalue weighted by atomic mass is 35.5. The Morgan fingerprint density at radius 3 is 2.86 bits per heavy atom. The Balaban J connectivity index is 2.31. The smallest absolute Gasteiger partial charge is 0.261 e. The first-order valence-electron chi connectivity index (χ1n) is 7.54. The average molecular weight is 309 g/mol. The highest BCUT2D eigenvalue weighted by Gasteiger charge is 2.16. The molecule has 5 heteroatoms. The van der Waals surface area contributed by atoms with Crippen molar-refractivity contribution >= 4 is 22.5 Å². The zero-order valence-electron chi connectivity index (χ0n) is 12.9. The number of nitrogens with zero attached hydrogens (tertiary/aromatic N) is 2. The van der Waals surface area contributed by atoms with Gasteiger partial charge in [0.2, 0.25) is 0 Å². The van der Waals surface area contributed by atoms with E-state index in [0.29, 0.717) is 15.9 Å². The SMILES string of the molecule is CCCCC[NH2+][C@H](C)c1nc2cc(Cl)ccc2c(=O)n1C. The van der Waals surface area contributed by atoms with Crippen molar-refractivity contribution < 1.29 is 5.32 Å².